The minimum atomic E-state index is -0.596. The molecule has 116 valence electrons. The smallest absolute Gasteiger partial charge is 0.185 e. The summed E-state index contributed by atoms with van der Waals surface area (Å²) in [6.07, 6.45) is 4.18. The number of Topliss-reactive ketones (excluding diaryl/α,β-unsaturated/α-hetero) is 1. The number of hydrogen-bond donors (Lipinski definition) is 0. The zero-order valence-corrected chi connectivity index (χ0v) is 13.6. The van der Waals surface area contributed by atoms with Crippen LogP contribution in [0.25, 0.3) is 0 Å². The van der Waals surface area contributed by atoms with E-state index in [1.54, 1.807) is 0 Å². The van der Waals surface area contributed by atoms with Crippen LogP contribution in [-0.2, 0) is 0 Å². The number of benzene rings is 1. The van der Waals surface area contributed by atoms with Crippen molar-refractivity contribution in [1.82, 2.24) is 4.90 Å². The summed E-state index contributed by atoms with van der Waals surface area (Å²) < 4.78 is 14.4. The van der Waals surface area contributed by atoms with Crippen molar-refractivity contribution in [2.45, 2.75) is 58.9 Å². The summed E-state index contributed by atoms with van der Waals surface area (Å²) in [5.74, 6) is -0.448. The highest BCUT2D eigenvalue weighted by Gasteiger charge is 2.40. The Morgan fingerprint density at radius 1 is 1.24 bits per heavy atom. The number of ketones is 1. The van der Waals surface area contributed by atoms with Crippen molar-refractivity contribution in [3.05, 3.63) is 34.6 Å². The molecule has 21 heavy (non-hydrogen) atoms. The van der Waals surface area contributed by atoms with Gasteiger partial charge in [0.15, 0.2) is 5.78 Å². The van der Waals surface area contributed by atoms with Crippen LogP contribution in [0.4, 0.5) is 4.39 Å². The van der Waals surface area contributed by atoms with Gasteiger partial charge in [-0.15, -0.1) is 0 Å². The lowest BCUT2D eigenvalue weighted by atomic mass is 9.83. The van der Waals surface area contributed by atoms with E-state index in [0.29, 0.717) is 6.42 Å². The quantitative estimate of drug-likeness (QED) is 0.772. The van der Waals surface area contributed by atoms with Gasteiger partial charge in [0, 0.05) is 0 Å². The van der Waals surface area contributed by atoms with Crippen LogP contribution in [0.15, 0.2) is 12.1 Å². The largest absolute Gasteiger partial charge is 0.292 e. The lowest BCUT2D eigenvalue weighted by molar-refractivity contribution is 0.0501. The fourth-order valence-electron chi connectivity index (χ4n) is 3.39. The Bertz CT molecular complexity index is 511. The normalized spacial score (nSPS) is 19.3. The fraction of sp³-hybridized carbons (Fsp3) is 0.611. The van der Waals surface area contributed by atoms with Gasteiger partial charge in [0.2, 0.25) is 0 Å². The molecular weight excluding hydrogens is 265 g/mol. The molecule has 3 heteroatoms. The second-order valence-corrected chi connectivity index (χ2v) is 6.44. The zero-order chi connectivity index (χ0) is 15.6. The van der Waals surface area contributed by atoms with E-state index >= 15 is 0 Å². The molecule has 0 spiro atoms. The van der Waals surface area contributed by atoms with Crippen molar-refractivity contribution in [2.24, 2.45) is 0 Å². The Labute approximate surface area is 127 Å². The van der Waals surface area contributed by atoms with Gasteiger partial charge in [-0.2, -0.15) is 0 Å². The average Bonchev–Trinajstić information content (AvgIpc) is 2.46. The van der Waals surface area contributed by atoms with E-state index in [0.717, 1.165) is 37.1 Å². The molecule has 1 aliphatic heterocycles. The molecule has 1 fully saturated rings. The Kier molecular flexibility index (Phi) is 4.82. The lowest BCUT2D eigenvalue weighted by Crippen LogP contribution is -2.54. The Morgan fingerprint density at radius 2 is 1.86 bits per heavy atom. The number of carbonyl (C=O) groups is 1. The Morgan fingerprint density at radius 3 is 2.38 bits per heavy atom. The maximum atomic E-state index is 14.4. The summed E-state index contributed by atoms with van der Waals surface area (Å²) in [6, 6.07) is 3.36. The molecule has 1 aliphatic rings. The highest BCUT2D eigenvalue weighted by Crippen LogP contribution is 2.30. The average molecular weight is 291 g/mol. The monoisotopic (exact) mass is 291 g/mol. The number of aryl methyl sites for hydroxylation is 2. The minimum Gasteiger partial charge on any atom is -0.292 e. The van der Waals surface area contributed by atoms with Gasteiger partial charge in [-0.1, -0.05) is 19.4 Å². The molecule has 1 heterocycles. The number of likely N-dealkylation sites (tertiary alicyclic amines) is 1. The summed E-state index contributed by atoms with van der Waals surface area (Å²) in [7, 11) is 0. The van der Waals surface area contributed by atoms with Gasteiger partial charge in [0.1, 0.15) is 5.82 Å². The van der Waals surface area contributed by atoms with Crippen molar-refractivity contribution in [1.29, 1.82) is 0 Å². The second-order valence-electron chi connectivity index (χ2n) is 6.44. The van der Waals surface area contributed by atoms with Crippen molar-refractivity contribution in [3.8, 4) is 0 Å². The molecule has 1 saturated heterocycles. The number of piperidine rings is 1. The van der Waals surface area contributed by atoms with E-state index < -0.39 is 5.54 Å². The molecule has 0 N–H and O–H groups in total. The first-order chi connectivity index (χ1) is 9.90. The third-order valence-corrected chi connectivity index (χ3v) is 4.89. The van der Waals surface area contributed by atoms with E-state index in [9.17, 15) is 9.18 Å². The summed E-state index contributed by atoms with van der Waals surface area (Å²) >= 11 is 0. The molecule has 1 aromatic rings. The number of halogens is 1. The molecule has 0 aromatic heterocycles. The molecular formula is C18H26FNO. The van der Waals surface area contributed by atoms with Crippen LogP contribution in [-0.4, -0.2) is 29.3 Å². The zero-order valence-electron chi connectivity index (χ0n) is 13.6. The maximum Gasteiger partial charge on any atom is 0.185 e. The van der Waals surface area contributed by atoms with Crippen LogP contribution in [0.1, 0.15) is 61.0 Å². The molecule has 0 radical (unpaired) electrons. The van der Waals surface area contributed by atoms with E-state index in [-0.39, 0.29) is 17.2 Å². The predicted octanol–water partition coefficient (Wildman–Crippen LogP) is 4.28. The summed E-state index contributed by atoms with van der Waals surface area (Å²) in [5, 5.41) is 0. The summed E-state index contributed by atoms with van der Waals surface area (Å²) in [6.45, 7) is 9.54. The van der Waals surface area contributed by atoms with E-state index in [1.807, 2.05) is 33.8 Å². The second kappa shape index (κ2) is 6.27. The Hall–Kier alpha value is -1.22. The van der Waals surface area contributed by atoms with Gasteiger partial charge in [0.25, 0.3) is 0 Å². The van der Waals surface area contributed by atoms with Crippen LogP contribution in [0.3, 0.4) is 0 Å². The van der Waals surface area contributed by atoms with Crippen LogP contribution in [0.5, 0.6) is 0 Å². The number of hydrogen-bond acceptors (Lipinski definition) is 2. The van der Waals surface area contributed by atoms with Crippen LogP contribution in [0, 0.1) is 19.7 Å². The van der Waals surface area contributed by atoms with Crippen molar-refractivity contribution in [3.63, 3.8) is 0 Å². The predicted molar refractivity (Wildman–Crippen MR) is 84.3 cm³/mol. The molecule has 2 nitrogen and oxygen atoms in total. The SMILES string of the molecule is CCC(C)(C(=O)c1c(C)cc(C)cc1F)N1CCCCC1. The van der Waals surface area contributed by atoms with Crippen molar-refractivity contribution in [2.75, 3.05) is 13.1 Å². The molecule has 0 bridgehead atoms. The molecule has 1 atom stereocenters. The molecule has 1 unspecified atom stereocenters. The first kappa shape index (κ1) is 16.2. The maximum absolute atomic E-state index is 14.4. The molecule has 0 amide bonds. The molecule has 0 saturated carbocycles. The van der Waals surface area contributed by atoms with Gasteiger partial charge in [-0.05, 0) is 70.3 Å². The number of carbonyl (C=O) groups excluding carboxylic acids is 1. The molecule has 1 aromatic carbocycles. The van der Waals surface area contributed by atoms with E-state index in [2.05, 4.69) is 4.90 Å². The summed E-state index contributed by atoms with van der Waals surface area (Å²) in [5.41, 5.74) is 1.28. The van der Waals surface area contributed by atoms with Crippen molar-refractivity contribution >= 4 is 5.78 Å². The molecule has 0 aliphatic carbocycles. The minimum absolute atomic E-state index is 0.0677. The van der Waals surface area contributed by atoms with E-state index in [1.165, 1.54) is 12.5 Å². The van der Waals surface area contributed by atoms with Crippen LogP contribution in [0.2, 0.25) is 0 Å². The highest BCUT2D eigenvalue weighted by atomic mass is 19.1. The Balaban J connectivity index is 2.40. The number of nitrogens with zero attached hydrogens (tertiary/aromatic N) is 1. The van der Waals surface area contributed by atoms with Gasteiger partial charge >= 0.3 is 0 Å². The van der Waals surface area contributed by atoms with Crippen LogP contribution >= 0.6 is 0 Å². The van der Waals surface area contributed by atoms with Gasteiger partial charge in [-0.25, -0.2) is 4.39 Å². The van der Waals surface area contributed by atoms with Crippen molar-refractivity contribution < 1.29 is 9.18 Å². The van der Waals surface area contributed by atoms with Gasteiger partial charge in [-0.3, -0.25) is 9.69 Å². The first-order valence-corrected chi connectivity index (χ1v) is 7.96. The van der Waals surface area contributed by atoms with E-state index in [4.69, 9.17) is 0 Å². The highest BCUT2D eigenvalue weighted by molar-refractivity contribution is 6.04. The molecule has 2 rings (SSSR count). The van der Waals surface area contributed by atoms with Crippen LogP contribution < -0.4 is 0 Å². The van der Waals surface area contributed by atoms with Gasteiger partial charge in [0.05, 0.1) is 11.1 Å². The third kappa shape index (κ3) is 3.03. The van der Waals surface area contributed by atoms with Gasteiger partial charge < -0.3 is 0 Å². The standard InChI is InChI=1S/C18H26FNO/c1-5-18(4,20-9-7-6-8-10-20)17(21)16-14(3)11-13(2)12-15(16)19/h11-12H,5-10H2,1-4H3. The summed E-state index contributed by atoms with van der Waals surface area (Å²) in [4.78, 5) is 15.3. The lowest BCUT2D eigenvalue weighted by Gasteiger charge is -2.42. The first-order valence-electron chi connectivity index (χ1n) is 7.96. The number of rotatable bonds is 4. The fourth-order valence-corrected chi connectivity index (χ4v) is 3.39. The third-order valence-electron chi connectivity index (χ3n) is 4.89. The topological polar surface area (TPSA) is 20.3 Å².